The monoisotopic (exact) mass is 187 g/mol. The van der Waals surface area contributed by atoms with Gasteiger partial charge >= 0.3 is 0 Å². The minimum atomic E-state index is 0.601. The third-order valence-electron chi connectivity index (χ3n) is 2.52. The number of hydrogen-bond donors (Lipinski definition) is 0. The van der Waals surface area contributed by atoms with Gasteiger partial charge in [0.25, 0.3) is 0 Å². The molecule has 0 unspecified atom stereocenters. The fourth-order valence-corrected chi connectivity index (χ4v) is 1.62. The molecule has 0 atom stereocenters. The minimum Gasteiger partial charge on any atom is -0.454 e. The largest absolute Gasteiger partial charge is 0.454 e. The number of aliphatic imine (C=N–C) groups is 1. The van der Waals surface area contributed by atoms with Gasteiger partial charge in [-0.15, -0.1) is 0 Å². The number of fused-ring (bicyclic) bond motifs is 1. The van der Waals surface area contributed by atoms with Crippen LogP contribution in [0.4, 0.5) is 5.69 Å². The van der Waals surface area contributed by atoms with E-state index in [1.54, 1.807) is 6.21 Å². The fraction of sp³-hybridized carbons (Fsp3) is 0.250. The van der Waals surface area contributed by atoms with Crippen LogP contribution >= 0.6 is 0 Å². The summed E-state index contributed by atoms with van der Waals surface area (Å²) < 4.78 is 5.55. The summed E-state index contributed by atoms with van der Waals surface area (Å²) in [5, 5.41) is 0. The van der Waals surface area contributed by atoms with Gasteiger partial charge in [0.2, 0.25) is 0 Å². The summed E-state index contributed by atoms with van der Waals surface area (Å²) in [5.74, 6) is 1.45. The first-order valence-corrected chi connectivity index (χ1v) is 4.61. The normalized spacial score (nSPS) is 13.8. The van der Waals surface area contributed by atoms with Crippen LogP contribution in [0.15, 0.2) is 23.4 Å². The lowest BCUT2D eigenvalue weighted by atomic mass is 10.0. The Morgan fingerprint density at radius 2 is 1.93 bits per heavy atom. The molecule has 0 bridgehead atoms. The van der Waals surface area contributed by atoms with Gasteiger partial charge in [0, 0.05) is 0 Å². The molecule has 0 amide bonds. The van der Waals surface area contributed by atoms with Gasteiger partial charge in [0.05, 0.1) is 6.21 Å². The van der Waals surface area contributed by atoms with Crippen molar-refractivity contribution in [3.63, 3.8) is 0 Å². The topological polar surface area (TPSA) is 21.6 Å². The molecule has 0 saturated carbocycles. The third-order valence-corrected chi connectivity index (χ3v) is 2.52. The standard InChI is InChI=1S/C12H13NO/c1-7-5-8(2)12-11(10(7)4)13-6-9(3)14-12/h5-6H,3H2,1-2,4H3. The predicted octanol–water partition coefficient (Wildman–Crippen LogP) is 3.22. The number of rotatable bonds is 0. The molecule has 2 rings (SSSR count). The van der Waals surface area contributed by atoms with Gasteiger partial charge in [-0.3, -0.25) is 0 Å². The second-order valence-electron chi connectivity index (χ2n) is 3.64. The average Bonchev–Trinajstić information content (AvgIpc) is 2.14. The van der Waals surface area contributed by atoms with Crippen LogP contribution < -0.4 is 4.74 Å². The van der Waals surface area contributed by atoms with Crippen molar-refractivity contribution < 1.29 is 4.74 Å². The summed E-state index contributed by atoms with van der Waals surface area (Å²) in [6.45, 7) is 9.90. The Hall–Kier alpha value is -1.57. The van der Waals surface area contributed by atoms with Crippen molar-refractivity contribution in [1.29, 1.82) is 0 Å². The Morgan fingerprint density at radius 3 is 2.64 bits per heavy atom. The molecule has 0 N–H and O–H groups in total. The lowest BCUT2D eigenvalue weighted by Crippen LogP contribution is -2.03. The molecular formula is C12H13NO. The van der Waals surface area contributed by atoms with Gasteiger partial charge in [-0.1, -0.05) is 12.6 Å². The molecule has 1 aliphatic rings. The maximum Gasteiger partial charge on any atom is 0.156 e. The van der Waals surface area contributed by atoms with Crippen molar-refractivity contribution >= 4 is 11.9 Å². The van der Waals surface area contributed by atoms with Crippen LogP contribution in [-0.4, -0.2) is 6.21 Å². The zero-order valence-electron chi connectivity index (χ0n) is 8.72. The number of hydrogen-bond acceptors (Lipinski definition) is 2. The van der Waals surface area contributed by atoms with Crippen LogP contribution in [0.25, 0.3) is 0 Å². The quantitative estimate of drug-likeness (QED) is 0.611. The van der Waals surface area contributed by atoms with Crippen LogP contribution in [0.5, 0.6) is 5.75 Å². The molecule has 2 heteroatoms. The molecule has 0 spiro atoms. The van der Waals surface area contributed by atoms with E-state index in [2.05, 4.69) is 31.5 Å². The lowest BCUT2D eigenvalue weighted by molar-refractivity contribution is 0.452. The first-order valence-electron chi connectivity index (χ1n) is 4.61. The second kappa shape index (κ2) is 2.98. The predicted molar refractivity (Wildman–Crippen MR) is 58.6 cm³/mol. The first kappa shape index (κ1) is 9.00. The van der Waals surface area contributed by atoms with Gasteiger partial charge in [-0.05, 0) is 37.5 Å². The van der Waals surface area contributed by atoms with E-state index >= 15 is 0 Å². The molecule has 1 heterocycles. The molecule has 14 heavy (non-hydrogen) atoms. The summed E-state index contributed by atoms with van der Waals surface area (Å²) in [6.07, 6.45) is 1.66. The molecule has 1 aliphatic heterocycles. The molecule has 0 aromatic heterocycles. The van der Waals surface area contributed by atoms with Gasteiger partial charge in [0.15, 0.2) is 5.75 Å². The SMILES string of the molecule is C=C1C=Nc2c(C)c(C)cc(C)c2O1. The summed E-state index contributed by atoms with van der Waals surface area (Å²) in [5.41, 5.74) is 4.47. The molecule has 0 saturated heterocycles. The van der Waals surface area contributed by atoms with Crippen LogP contribution in [0.3, 0.4) is 0 Å². The van der Waals surface area contributed by atoms with Crippen molar-refractivity contribution in [2.45, 2.75) is 20.8 Å². The molecule has 1 aromatic rings. The number of ether oxygens (including phenoxy) is 1. The van der Waals surface area contributed by atoms with Crippen LogP contribution in [0, 0.1) is 20.8 Å². The van der Waals surface area contributed by atoms with Crippen LogP contribution in [0.1, 0.15) is 16.7 Å². The highest BCUT2D eigenvalue weighted by Gasteiger charge is 2.15. The van der Waals surface area contributed by atoms with Gasteiger partial charge < -0.3 is 4.74 Å². The second-order valence-corrected chi connectivity index (χ2v) is 3.64. The van der Waals surface area contributed by atoms with Crippen molar-refractivity contribution in [2.75, 3.05) is 0 Å². The maximum atomic E-state index is 5.55. The number of aryl methyl sites for hydroxylation is 2. The van der Waals surface area contributed by atoms with Crippen molar-refractivity contribution in [1.82, 2.24) is 0 Å². The zero-order chi connectivity index (χ0) is 10.3. The highest BCUT2D eigenvalue weighted by Crippen LogP contribution is 2.39. The van der Waals surface area contributed by atoms with E-state index in [-0.39, 0.29) is 0 Å². The molecule has 72 valence electrons. The molecule has 0 aliphatic carbocycles. The van der Waals surface area contributed by atoms with Crippen molar-refractivity contribution in [3.05, 3.63) is 35.1 Å². The van der Waals surface area contributed by atoms with E-state index in [1.807, 2.05) is 6.92 Å². The third kappa shape index (κ3) is 1.23. The highest BCUT2D eigenvalue weighted by molar-refractivity contribution is 5.84. The molecule has 1 aromatic carbocycles. The Morgan fingerprint density at radius 1 is 1.21 bits per heavy atom. The van der Waals surface area contributed by atoms with Gasteiger partial charge in [-0.2, -0.15) is 0 Å². The van der Waals surface area contributed by atoms with Crippen molar-refractivity contribution in [3.8, 4) is 5.75 Å². The van der Waals surface area contributed by atoms with E-state index in [1.165, 1.54) is 11.1 Å². The fourth-order valence-electron chi connectivity index (χ4n) is 1.62. The minimum absolute atomic E-state index is 0.601. The Bertz CT molecular complexity index is 444. The van der Waals surface area contributed by atoms with E-state index in [0.29, 0.717) is 5.76 Å². The summed E-state index contributed by atoms with van der Waals surface area (Å²) in [6, 6.07) is 2.11. The Labute approximate surface area is 83.9 Å². The van der Waals surface area contributed by atoms with Gasteiger partial charge in [0.1, 0.15) is 11.4 Å². The van der Waals surface area contributed by atoms with E-state index in [9.17, 15) is 0 Å². The first-order chi connectivity index (χ1) is 6.59. The molecule has 0 fully saturated rings. The summed E-state index contributed by atoms with van der Waals surface area (Å²) >= 11 is 0. The lowest BCUT2D eigenvalue weighted by Gasteiger charge is -2.18. The zero-order valence-corrected chi connectivity index (χ0v) is 8.72. The summed E-state index contributed by atoms with van der Waals surface area (Å²) in [4.78, 5) is 4.35. The maximum absolute atomic E-state index is 5.55. The molecular weight excluding hydrogens is 174 g/mol. The molecule has 0 radical (unpaired) electrons. The number of nitrogens with zero attached hydrogens (tertiary/aromatic N) is 1. The Kier molecular flexibility index (Phi) is 1.92. The Balaban J connectivity index is 2.72. The van der Waals surface area contributed by atoms with E-state index < -0.39 is 0 Å². The van der Waals surface area contributed by atoms with E-state index in [4.69, 9.17) is 4.74 Å². The number of allylic oxidation sites excluding steroid dienone is 1. The average molecular weight is 187 g/mol. The van der Waals surface area contributed by atoms with Gasteiger partial charge in [-0.25, -0.2) is 4.99 Å². The highest BCUT2D eigenvalue weighted by atomic mass is 16.5. The van der Waals surface area contributed by atoms with Crippen LogP contribution in [0.2, 0.25) is 0 Å². The van der Waals surface area contributed by atoms with Crippen LogP contribution in [-0.2, 0) is 0 Å². The molecule has 2 nitrogen and oxygen atoms in total. The number of benzene rings is 1. The van der Waals surface area contributed by atoms with E-state index in [0.717, 1.165) is 17.0 Å². The van der Waals surface area contributed by atoms with Crippen molar-refractivity contribution in [2.24, 2.45) is 4.99 Å². The summed E-state index contributed by atoms with van der Waals surface area (Å²) in [7, 11) is 0. The smallest absolute Gasteiger partial charge is 0.156 e.